The highest BCUT2D eigenvalue weighted by atomic mass is 32.2. The van der Waals surface area contributed by atoms with E-state index in [-0.39, 0.29) is 0 Å². The third kappa shape index (κ3) is 4.99. The lowest BCUT2D eigenvalue weighted by molar-refractivity contribution is 0.355. The van der Waals surface area contributed by atoms with Gasteiger partial charge in [0.1, 0.15) is 11.6 Å². The Morgan fingerprint density at radius 1 is 0.970 bits per heavy atom. The molecule has 8 heteroatoms. The number of hydrogen-bond donors (Lipinski definition) is 1. The molecule has 1 N–H and O–H groups in total. The van der Waals surface area contributed by atoms with Crippen molar-refractivity contribution in [3.8, 4) is 28.8 Å². The highest BCUT2D eigenvalue weighted by Crippen LogP contribution is 2.35. The Morgan fingerprint density at radius 3 is 2.33 bits per heavy atom. The zero-order valence-electron chi connectivity index (χ0n) is 19.1. The van der Waals surface area contributed by atoms with Crippen molar-refractivity contribution in [2.24, 2.45) is 0 Å². The van der Waals surface area contributed by atoms with E-state index in [1.165, 1.54) is 36.7 Å². The quantitative estimate of drug-likeness (QED) is 0.365. The van der Waals surface area contributed by atoms with Gasteiger partial charge >= 0.3 is 0 Å². The zero-order chi connectivity index (χ0) is 23.2. The number of nitrogens with one attached hydrogen (secondary N) is 1. The van der Waals surface area contributed by atoms with E-state index >= 15 is 0 Å². The van der Waals surface area contributed by atoms with Gasteiger partial charge in [-0.05, 0) is 68.0 Å². The molecule has 0 atom stereocenters. The molecule has 1 saturated heterocycles. The first-order valence-electron chi connectivity index (χ1n) is 10.9. The molecule has 0 spiro atoms. The monoisotopic (exact) mass is 461 g/mol. The van der Waals surface area contributed by atoms with E-state index in [9.17, 15) is 5.26 Å². The third-order valence-electron chi connectivity index (χ3n) is 5.69. The first kappa shape index (κ1) is 22.7. The smallest absolute Gasteiger partial charge is 0.189 e. The van der Waals surface area contributed by atoms with Crippen LogP contribution in [-0.2, 0) is 0 Å². The van der Waals surface area contributed by atoms with Gasteiger partial charge in [-0.25, -0.2) is 9.97 Å². The predicted molar refractivity (Wildman–Crippen MR) is 133 cm³/mol. The molecule has 1 aliphatic rings. The Kier molecular flexibility index (Phi) is 7.20. The second kappa shape index (κ2) is 10.5. The maximum absolute atomic E-state index is 10.0. The Bertz CT molecular complexity index is 1150. The minimum absolute atomic E-state index is 0.375. The van der Waals surface area contributed by atoms with Crippen LogP contribution in [0.15, 0.2) is 47.6 Å². The van der Waals surface area contributed by atoms with Crippen molar-refractivity contribution in [1.82, 2.24) is 9.97 Å². The topological polar surface area (TPSA) is 83.3 Å². The summed E-state index contributed by atoms with van der Waals surface area (Å²) in [6, 6.07) is 16.1. The number of methoxy groups -OCH3 is 2. The van der Waals surface area contributed by atoms with Crippen molar-refractivity contribution in [1.29, 1.82) is 5.26 Å². The number of piperidine rings is 1. The fourth-order valence-electron chi connectivity index (χ4n) is 3.96. The molecule has 1 aromatic heterocycles. The van der Waals surface area contributed by atoms with Gasteiger partial charge in [-0.2, -0.15) is 5.26 Å². The van der Waals surface area contributed by atoms with Crippen LogP contribution in [-0.4, -0.2) is 43.5 Å². The molecule has 0 saturated carbocycles. The highest BCUT2D eigenvalue weighted by molar-refractivity contribution is 7.98. The SMILES string of the molecule is COc1ccc(-c2nc(SC)nc(Nc3ccc(N4CCCCC4)cc3)c2C#N)cc1OC. The molecule has 170 valence electrons. The summed E-state index contributed by atoms with van der Waals surface area (Å²) in [6.07, 6.45) is 5.70. The van der Waals surface area contributed by atoms with E-state index < -0.39 is 0 Å². The standard InChI is InChI=1S/C25H27N5O2S/c1-31-21-12-7-17(15-22(21)32-2)23-20(16-26)24(29-25(28-23)33-3)27-18-8-10-19(11-9-18)30-13-5-4-6-14-30/h7-12,15H,4-6,13-14H2,1-3H3,(H,27,28,29). The minimum atomic E-state index is 0.375. The summed E-state index contributed by atoms with van der Waals surface area (Å²) >= 11 is 1.43. The lowest BCUT2D eigenvalue weighted by Gasteiger charge is -2.28. The Balaban J connectivity index is 1.68. The number of aromatic nitrogens is 2. The van der Waals surface area contributed by atoms with Crippen LogP contribution in [0.2, 0.25) is 0 Å². The van der Waals surface area contributed by atoms with Crippen LogP contribution in [0.4, 0.5) is 17.2 Å². The second-order valence-electron chi connectivity index (χ2n) is 7.68. The maximum Gasteiger partial charge on any atom is 0.189 e. The fourth-order valence-corrected chi connectivity index (χ4v) is 4.33. The van der Waals surface area contributed by atoms with Crippen molar-refractivity contribution >= 4 is 29.0 Å². The third-order valence-corrected chi connectivity index (χ3v) is 6.24. The van der Waals surface area contributed by atoms with Gasteiger partial charge in [0, 0.05) is 30.0 Å². The molecule has 2 aromatic carbocycles. The van der Waals surface area contributed by atoms with E-state index in [0.29, 0.717) is 33.7 Å². The van der Waals surface area contributed by atoms with Crippen molar-refractivity contribution in [3.05, 3.63) is 48.0 Å². The molecular weight excluding hydrogens is 434 g/mol. The average Bonchev–Trinajstić information content (AvgIpc) is 2.88. The van der Waals surface area contributed by atoms with Crippen molar-refractivity contribution < 1.29 is 9.47 Å². The lowest BCUT2D eigenvalue weighted by atomic mass is 10.1. The number of hydrogen-bond acceptors (Lipinski definition) is 8. The van der Waals surface area contributed by atoms with Crippen molar-refractivity contribution in [2.75, 3.05) is 43.8 Å². The first-order chi connectivity index (χ1) is 16.2. The predicted octanol–water partition coefficient (Wildman–Crippen LogP) is 5.49. The maximum atomic E-state index is 10.0. The van der Waals surface area contributed by atoms with Crippen LogP contribution < -0.4 is 19.7 Å². The molecule has 0 amide bonds. The van der Waals surface area contributed by atoms with E-state index in [0.717, 1.165) is 24.3 Å². The van der Waals surface area contributed by atoms with Crippen molar-refractivity contribution in [3.63, 3.8) is 0 Å². The van der Waals surface area contributed by atoms with E-state index in [4.69, 9.17) is 9.47 Å². The van der Waals surface area contributed by atoms with Gasteiger partial charge in [0.05, 0.1) is 19.9 Å². The summed E-state index contributed by atoms with van der Waals surface area (Å²) in [5.74, 6) is 1.67. The van der Waals surface area contributed by atoms with Crippen LogP contribution in [0.1, 0.15) is 24.8 Å². The summed E-state index contributed by atoms with van der Waals surface area (Å²) in [7, 11) is 3.17. The summed E-state index contributed by atoms with van der Waals surface area (Å²) in [5.41, 5.74) is 3.77. The van der Waals surface area contributed by atoms with Crippen molar-refractivity contribution in [2.45, 2.75) is 24.4 Å². The highest BCUT2D eigenvalue weighted by Gasteiger charge is 2.18. The van der Waals surface area contributed by atoms with Gasteiger partial charge < -0.3 is 19.7 Å². The number of rotatable bonds is 7. The molecule has 3 aromatic rings. The van der Waals surface area contributed by atoms with Crippen LogP contribution in [0.5, 0.6) is 11.5 Å². The Hall–Kier alpha value is -3.44. The Morgan fingerprint density at radius 2 is 1.70 bits per heavy atom. The summed E-state index contributed by atoms with van der Waals surface area (Å²) in [6.45, 7) is 2.20. The summed E-state index contributed by atoms with van der Waals surface area (Å²) in [4.78, 5) is 11.6. The number of nitrogens with zero attached hydrogens (tertiary/aromatic N) is 4. The van der Waals surface area contributed by atoms with Gasteiger partial charge in [0.25, 0.3) is 0 Å². The van der Waals surface area contributed by atoms with Crippen LogP contribution >= 0.6 is 11.8 Å². The molecule has 0 bridgehead atoms. The van der Waals surface area contributed by atoms with Gasteiger partial charge in [-0.3, -0.25) is 0 Å². The Labute approximate surface area is 198 Å². The molecule has 0 radical (unpaired) electrons. The van der Waals surface area contributed by atoms with E-state index in [1.54, 1.807) is 14.2 Å². The molecule has 1 fully saturated rings. The molecule has 2 heterocycles. The molecular formula is C25H27N5O2S. The van der Waals surface area contributed by atoms with Crippen LogP contribution in [0, 0.1) is 11.3 Å². The second-order valence-corrected chi connectivity index (χ2v) is 8.46. The molecule has 1 aliphatic heterocycles. The normalized spacial score (nSPS) is 13.3. The number of benzene rings is 2. The largest absolute Gasteiger partial charge is 0.493 e. The van der Waals surface area contributed by atoms with Crippen LogP contribution in [0.25, 0.3) is 11.3 Å². The molecule has 0 unspecified atom stereocenters. The van der Waals surface area contributed by atoms with Crippen LogP contribution in [0.3, 0.4) is 0 Å². The summed E-state index contributed by atoms with van der Waals surface area (Å²) < 4.78 is 10.8. The van der Waals surface area contributed by atoms with Gasteiger partial charge in [0.2, 0.25) is 0 Å². The van der Waals surface area contributed by atoms with E-state index in [1.807, 2.05) is 36.6 Å². The lowest BCUT2D eigenvalue weighted by Crippen LogP contribution is -2.29. The zero-order valence-corrected chi connectivity index (χ0v) is 19.9. The minimum Gasteiger partial charge on any atom is -0.493 e. The first-order valence-corrected chi connectivity index (χ1v) is 12.1. The molecule has 0 aliphatic carbocycles. The fraction of sp³-hybridized carbons (Fsp3) is 0.320. The summed E-state index contributed by atoms with van der Waals surface area (Å²) in [5, 5.41) is 13.9. The van der Waals surface area contributed by atoms with Gasteiger partial charge in [-0.15, -0.1) is 0 Å². The average molecular weight is 462 g/mol. The number of thioether (sulfide) groups is 1. The number of ether oxygens (including phenoxy) is 2. The molecule has 4 rings (SSSR count). The molecule has 7 nitrogen and oxygen atoms in total. The number of anilines is 3. The van der Waals surface area contributed by atoms with Gasteiger partial charge in [-0.1, -0.05) is 11.8 Å². The van der Waals surface area contributed by atoms with E-state index in [2.05, 4.69) is 38.4 Å². The van der Waals surface area contributed by atoms with Gasteiger partial charge in [0.15, 0.2) is 22.5 Å². The molecule has 33 heavy (non-hydrogen) atoms. The number of nitriles is 1.